The van der Waals surface area contributed by atoms with Crippen LogP contribution in [0.4, 0.5) is 0 Å². The zero-order valence-corrected chi connectivity index (χ0v) is 28.0. The monoisotopic (exact) mass is 612 g/mol. The number of aliphatic imine (C=N–C) groups is 1. The van der Waals surface area contributed by atoms with Crippen LogP contribution in [0.1, 0.15) is 66.7 Å². The summed E-state index contributed by atoms with van der Waals surface area (Å²) in [5.74, 6) is -1.88. The average molecular weight is 613 g/mol. The van der Waals surface area contributed by atoms with Gasteiger partial charge in [-0.05, 0) is 32.1 Å². The van der Waals surface area contributed by atoms with Gasteiger partial charge >= 0.3 is 5.97 Å². The summed E-state index contributed by atoms with van der Waals surface area (Å²) in [5, 5.41) is 15.1. The molecule has 1 rings (SSSR count). The Morgan fingerprint density at radius 2 is 1.65 bits per heavy atom. The van der Waals surface area contributed by atoms with Crippen molar-refractivity contribution in [2.45, 2.75) is 103 Å². The largest absolute Gasteiger partial charge is 0.480 e. The summed E-state index contributed by atoms with van der Waals surface area (Å²) >= 11 is 0. The van der Waals surface area contributed by atoms with Gasteiger partial charge in [-0.1, -0.05) is 34.1 Å². The van der Waals surface area contributed by atoms with E-state index in [0.29, 0.717) is 18.9 Å². The number of carboxylic acids is 1. The first-order valence-electron chi connectivity index (χ1n) is 15.3. The maximum Gasteiger partial charge on any atom is 0.326 e. The number of ether oxygens (including phenoxy) is 2. The van der Waals surface area contributed by atoms with Crippen molar-refractivity contribution in [2.75, 3.05) is 49.0 Å². The number of guanidine groups is 1. The molecule has 1 heterocycles. The fourth-order valence-electron chi connectivity index (χ4n) is 5.90. The van der Waals surface area contributed by atoms with E-state index in [1.165, 1.54) is 7.11 Å². The van der Waals surface area contributed by atoms with Crippen LogP contribution >= 0.6 is 0 Å². The van der Waals surface area contributed by atoms with Crippen LogP contribution in [0.15, 0.2) is 4.99 Å². The third-order valence-electron chi connectivity index (χ3n) is 8.63. The molecular formula is C30H56N6O7. The fourth-order valence-corrected chi connectivity index (χ4v) is 5.90. The highest BCUT2D eigenvalue weighted by Crippen LogP contribution is 2.29. The molecule has 1 fully saturated rings. The fraction of sp³-hybridized carbons (Fsp3) is 0.833. The van der Waals surface area contributed by atoms with Gasteiger partial charge in [0.2, 0.25) is 17.7 Å². The molecular weight excluding hydrogens is 556 g/mol. The van der Waals surface area contributed by atoms with Crippen molar-refractivity contribution in [1.82, 2.24) is 25.3 Å². The van der Waals surface area contributed by atoms with E-state index >= 15 is 0 Å². The minimum Gasteiger partial charge on any atom is -0.480 e. The molecule has 0 aromatic heterocycles. The van der Waals surface area contributed by atoms with Gasteiger partial charge in [0.05, 0.1) is 36.6 Å². The van der Waals surface area contributed by atoms with Crippen molar-refractivity contribution in [3.63, 3.8) is 0 Å². The highest BCUT2D eigenvalue weighted by molar-refractivity contribution is 5.89. The van der Waals surface area contributed by atoms with Crippen LogP contribution in [-0.2, 0) is 28.7 Å². The molecule has 248 valence electrons. The normalized spacial score (nSPS) is 20.3. The van der Waals surface area contributed by atoms with Crippen molar-refractivity contribution in [3.8, 4) is 0 Å². The van der Waals surface area contributed by atoms with Gasteiger partial charge < -0.3 is 39.9 Å². The number of aliphatic carboxylic acids is 1. The van der Waals surface area contributed by atoms with Gasteiger partial charge in [-0.3, -0.25) is 19.4 Å². The molecule has 0 spiro atoms. The van der Waals surface area contributed by atoms with Crippen molar-refractivity contribution in [3.05, 3.63) is 0 Å². The van der Waals surface area contributed by atoms with Gasteiger partial charge in [0.25, 0.3) is 0 Å². The summed E-state index contributed by atoms with van der Waals surface area (Å²) in [6.07, 6.45) is 1.29. The standard InChI is InChI=1S/C30H56N6O7/c1-12-18(3)25(35(9)28(39)20(5)32-30(31-6)34(7)8)23(42-10)17-24(37)36-16-14-15-22(36)26(43-11)19(4)27(38)33-21(13-2)29(40)41/h18-23,25-26H,12-17H2,1-11H3,(H,31,32)(H,33,38)(H,40,41)/t18?,19?,20-,21-,22?,23?,25?,26?/m0/s1. The third-order valence-corrected chi connectivity index (χ3v) is 8.63. The lowest BCUT2D eigenvalue weighted by Gasteiger charge is -2.40. The second-order valence-corrected chi connectivity index (χ2v) is 11.7. The number of methoxy groups -OCH3 is 2. The Hall–Kier alpha value is -2.93. The minimum absolute atomic E-state index is 0.0395. The van der Waals surface area contributed by atoms with Gasteiger partial charge in [-0.2, -0.15) is 0 Å². The first-order valence-corrected chi connectivity index (χ1v) is 15.3. The molecule has 0 radical (unpaired) electrons. The molecule has 0 aromatic rings. The lowest BCUT2D eigenvalue weighted by Crippen LogP contribution is -2.57. The van der Waals surface area contributed by atoms with Crippen molar-refractivity contribution >= 4 is 29.7 Å². The molecule has 6 unspecified atom stereocenters. The highest BCUT2D eigenvalue weighted by atomic mass is 16.5. The summed E-state index contributed by atoms with van der Waals surface area (Å²) in [7, 11) is 10.1. The van der Waals surface area contributed by atoms with E-state index in [0.717, 1.165) is 12.8 Å². The molecule has 0 bridgehead atoms. The number of carbonyl (C=O) groups is 4. The Kier molecular flexibility index (Phi) is 16.0. The number of rotatable bonds is 16. The van der Waals surface area contributed by atoms with E-state index in [2.05, 4.69) is 15.6 Å². The molecule has 13 nitrogen and oxygen atoms in total. The smallest absolute Gasteiger partial charge is 0.326 e. The van der Waals surface area contributed by atoms with Gasteiger partial charge in [-0.25, -0.2) is 4.79 Å². The molecule has 13 heteroatoms. The van der Waals surface area contributed by atoms with E-state index < -0.39 is 42.1 Å². The molecule has 3 amide bonds. The van der Waals surface area contributed by atoms with Crippen molar-refractivity contribution < 1.29 is 33.8 Å². The third kappa shape index (κ3) is 10.1. The summed E-state index contributed by atoms with van der Waals surface area (Å²) in [5.41, 5.74) is 0. The van der Waals surface area contributed by atoms with Gasteiger partial charge in [0, 0.05) is 49.0 Å². The first kappa shape index (κ1) is 38.1. The number of amides is 3. The molecule has 1 aliphatic heterocycles. The molecule has 3 N–H and O–H groups in total. The second kappa shape index (κ2) is 18.0. The Bertz CT molecular complexity index is 961. The summed E-state index contributed by atoms with van der Waals surface area (Å²) in [6.45, 7) is 9.76. The molecule has 1 saturated heterocycles. The van der Waals surface area contributed by atoms with E-state index in [1.54, 1.807) is 56.7 Å². The lowest BCUT2D eigenvalue weighted by molar-refractivity contribution is -0.147. The van der Waals surface area contributed by atoms with Crippen LogP contribution in [0.5, 0.6) is 0 Å². The number of nitrogens with zero attached hydrogens (tertiary/aromatic N) is 4. The van der Waals surface area contributed by atoms with E-state index in [-0.39, 0.29) is 42.7 Å². The highest BCUT2D eigenvalue weighted by Gasteiger charge is 2.42. The molecule has 0 saturated carbocycles. The van der Waals surface area contributed by atoms with Gasteiger partial charge in [0.15, 0.2) is 5.96 Å². The van der Waals surface area contributed by atoms with Crippen LogP contribution in [0.3, 0.4) is 0 Å². The molecule has 43 heavy (non-hydrogen) atoms. The van der Waals surface area contributed by atoms with Crippen molar-refractivity contribution in [2.24, 2.45) is 16.8 Å². The maximum absolute atomic E-state index is 13.8. The minimum atomic E-state index is -1.10. The van der Waals surface area contributed by atoms with Crippen LogP contribution in [0.25, 0.3) is 0 Å². The Balaban J connectivity index is 3.15. The topological polar surface area (TPSA) is 153 Å². The Morgan fingerprint density at radius 3 is 2.12 bits per heavy atom. The van der Waals surface area contributed by atoms with E-state index in [1.807, 2.05) is 27.9 Å². The Labute approximate surface area is 257 Å². The zero-order chi connectivity index (χ0) is 33.0. The van der Waals surface area contributed by atoms with Crippen LogP contribution in [0, 0.1) is 11.8 Å². The van der Waals surface area contributed by atoms with E-state index in [9.17, 15) is 24.3 Å². The zero-order valence-electron chi connectivity index (χ0n) is 28.0. The quantitative estimate of drug-likeness (QED) is 0.173. The number of hydrogen-bond donors (Lipinski definition) is 3. The number of hydrogen-bond acceptors (Lipinski definition) is 7. The number of carbonyl (C=O) groups excluding carboxylic acids is 3. The number of likely N-dealkylation sites (tertiary alicyclic amines) is 1. The molecule has 8 atom stereocenters. The summed E-state index contributed by atoms with van der Waals surface area (Å²) < 4.78 is 11.7. The molecule has 0 aromatic carbocycles. The average Bonchev–Trinajstić information content (AvgIpc) is 3.46. The predicted molar refractivity (Wildman–Crippen MR) is 166 cm³/mol. The second-order valence-electron chi connectivity index (χ2n) is 11.7. The van der Waals surface area contributed by atoms with Gasteiger partial charge in [0.1, 0.15) is 12.1 Å². The van der Waals surface area contributed by atoms with Crippen LogP contribution in [0.2, 0.25) is 0 Å². The molecule has 0 aliphatic carbocycles. The maximum atomic E-state index is 13.8. The van der Waals surface area contributed by atoms with E-state index in [4.69, 9.17) is 9.47 Å². The number of carboxylic acid groups (broad SMARTS) is 1. The van der Waals surface area contributed by atoms with Crippen LogP contribution in [-0.4, -0.2) is 135 Å². The van der Waals surface area contributed by atoms with Crippen molar-refractivity contribution in [1.29, 1.82) is 0 Å². The Morgan fingerprint density at radius 1 is 1.02 bits per heavy atom. The van der Waals surface area contributed by atoms with Crippen LogP contribution < -0.4 is 10.6 Å². The predicted octanol–water partition coefficient (Wildman–Crippen LogP) is 1.41. The first-order chi connectivity index (χ1) is 20.2. The SMILES string of the molecule is CCC(C)C(C(CC(=O)N1CCCC1C(OC)C(C)C(=O)N[C@@H](CC)C(=O)O)OC)N(C)C(=O)[C@H](C)NC(=NC)N(C)C. The number of nitrogens with one attached hydrogen (secondary N) is 2. The van der Waals surface area contributed by atoms with Gasteiger partial charge in [-0.15, -0.1) is 0 Å². The summed E-state index contributed by atoms with van der Waals surface area (Å²) in [4.78, 5) is 61.2. The lowest BCUT2D eigenvalue weighted by atomic mass is 9.90. The molecule has 1 aliphatic rings. The number of likely N-dealkylation sites (N-methyl/N-ethyl adjacent to an activating group) is 1. The summed E-state index contributed by atoms with van der Waals surface area (Å²) in [6, 6.07) is -2.28.